The molecule has 1 amide bonds. The number of hydrogen-bond acceptors (Lipinski definition) is 3. The van der Waals surface area contributed by atoms with Crippen LogP contribution in [0.4, 0.5) is 4.39 Å². The van der Waals surface area contributed by atoms with Gasteiger partial charge in [0.25, 0.3) is 11.9 Å². The first-order chi connectivity index (χ1) is 9.67. The second kappa shape index (κ2) is 9.07. The summed E-state index contributed by atoms with van der Waals surface area (Å²) in [6, 6.07) is 5.64. The molecule has 0 bridgehead atoms. The zero-order valence-corrected chi connectivity index (χ0v) is 12.0. The van der Waals surface area contributed by atoms with Gasteiger partial charge in [0.05, 0.1) is 7.11 Å². The molecule has 110 valence electrons. The number of amidine groups is 1. The Bertz CT molecular complexity index is 461. The summed E-state index contributed by atoms with van der Waals surface area (Å²) in [5.41, 5.74) is 0.237. The maximum atomic E-state index is 13.0. The summed E-state index contributed by atoms with van der Waals surface area (Å²) in [4.78, 5) is 16.0. The molecule has 0 saturated carbocycles. The number of nitrogens with one attached hydrogen (secondary N) is 1. The van der Waals surface area contributed by atoms with Gasteiger partial charge in [-0.3, -0.25) is 10.1 Å². The van der Waals surface area contributed by atoms with Crippen LogP contribution in [0.2, 0.25) is 0 Å². The lowest BCUT2D eigenvalue weighted by atomic mass is 10.2. The molecule has 0 aliphatic carbocycles. The van der Waals surface area contributed by atoms with Crippen LogP contribution in [0.1, 0.15) is 43.0 Å². The molecule has 0 radical (unpaired) electrons. The van der Waals surface area contributed by atoms with Crippen LogP contribution in [0.3, 0.4) is 0 Å². The van der Waals surface area contributed by atoms with Crippen molar-refractivity contribution in [3.8, 4) is 0 Å². The van der Waals surface area contributed by atoms with Crippen molar-refractivity contribution in [2.45, 2.75) is 32.6 Å². The second-order valence-corrected chi connectivity index (χ2v) is 4.42. The van der Waals surface area contributed by atoms with E-state index in [4.69, 9.17) is 4.74 Å². The highest BCUT2D eigenvalue weighted by molar-refractivity contribution is 6.04. The molecule has 1 N–H and O–H groups in total. The molecular weight excluding hydrogens is 259 g/mol. The number of unbranched alkanes of at least 4 members (excludes halogenated alkanes) is 3. The summed E-state index contributed by atoms with van der Waals surface area (Å²) >= 11 is 0. The molecule has 0 atom stereocenters. The Kier molecular flexibility index (Phi) is 7.32. The third kappa shape index (κ3) is 5.82. The molecule has 0 fully saturated rings. The Labute approximate surface area is 119 Å². The number of halogens is 1. The van der Waals surface area contributed by atoms with Crippen molar-refractivity contribution < 1.29 is 13.9 Å². The monoisotopic (exact) mass is 280 g/mol. The normalized spacial score (nSPS) is 11.2. The molecule has 0 unspecified atom stereocenters. The van der Waals surface area contributed by atoms with E-state index in [9.17, 15) is 9.18 Å². The number of nitrogens with zero attached hydrogens (tertiary/aromatic N) is 1. The van der Waals surface area contributed by atoms with Gasteiger partial charge in [0, 0.05) is 12.1 Å². The average molecular weight is 280 g/mol. The average Bonchev–Trinajstić information content (AvgIpc) is 2.45. The predicted molar refractivity (Wildman–Crippen MR) is 77.3 cm³/mol. The minimum absolute atomic E-state index is 0.163. The quantitative estimate of drug-likeness (QED) is 0.494. The largest absolute Gasteiger partial charge is 0.468 e. The maximum Gasteiger partial charge on any atom is 0.291 e. The van der Waals surface area contributed by atoms with Crippen molar-refractivity contribution in [1.82, 2.24) is 5.32 Å². The van der Waals surface area contributed by atoms with Gasteiger partial charge < -0.3 is 4.74 Å². The lowest BCUT2D eigenvalue weighted by molar-refractivity contribution is 0.0968. The highest BCUT2D eigenvalue weighted by atomic mass is 19.1. The number of carbonyl (C=O) groups is 1. The highest BCUT2D eigenvalue weighted by Gasteiger charge is 2.09. The number of benzene rings is 1. The maximum absolute atomic E-state index is 13.0. The number of hydrogen-bond donors (Lipinski definition) is 1. The van der Waals surface area contributed by atoms with Gasteiger partial charge in [0.1, 0.15) is 5.82 Å². The fourth-order valence-electron chi connectivity index (χ4n) is 1.67. The minimum atomic E-state index is -0.451. The molecule has 20 heavy (non-hydrogen) atoms. The zero-order valence-electron chi connectivity index (χ0n) is 12.0. The fourth-order valence-corrected chi connectivity index (χ4v) is 1.67. The van der Waals surface area contributed by atoms with Gasteiger partial charge >= 0.3 is 0 Å². The predicted octanol–water partition coefficient (Wildman–Crippen LogP) is 3.14. The lowest BCUT2D eigenvalue weighted by Crippen LogP contribution is -2.32. The van der Waals surface area contributed by atoms with Crippen LogP contribution in [0, 0.1) is 5.82 Å². The van der Waals surface area contributed by atoms with E-state index >= 15 is 0 Å². The van der Waals surface area contributed by atoms with Gasteiger partial charge in [-0.05, 0) is 24.6 Å². The summed E-state index contributed by atoms with van der Waals surface area (Å²) in [5, 5.41) is 2.52. The van der Waals surface area contributed by atoms with Crippen LogP contribution in [0.15, 0.2) is 29.3 Å². The van der Waals surface area contributed by atoms with E-state index in [1.807, 2.05) is 0 Å². The molecule has 0 saturated heterocycles. The SMILES string of the molecule is CCCCCCN=C(NC(=O)c1cccc(F)c1)OC. The van der Waals surface area contributed by atoms with Crippen LogP contribution >= 0.6 is 0 Å². The van der Waals surface area contributed by atoms with Crippen LogP contribution in [-0.2, 0) is 4.74 Å². The van der Waals surface area contributed by atoms with Crippen molar-refractivity contribution in [2.24, 2.45) is 4.99 Å². The first-order valence-electron chi connectivity index (χ1n) is 6.82. The van der Waals surface area contributed by atoms with Gasteiger partial charge in [0.2, 0.25) is 0 Å². The van der Waals surface area contributed by atoms with Gasteiger partial charge in [-0.15, -0.1) is 0 Å². The van der Waals surface area contributed by atoms with Gasteiger partial charge in [-0.2, -0.15) is 0 Å². The molecule has 0 aliphatic heterocycles. The van der Waals surface area contributed by atoms with Crippen molar-refractivity contribution >= 4 is 11.9 Å². The first kappa shape index (κ1) is 16.1. The van der Waals surface area contributed by atoms with Crippen molar-refractivity contribution in [2.75, 3.05) is 13.7 Å². The molecule has 1 aromatic carbocycles. The van der Waals surface area contributed by atoms with E-state index in [2.05, 4.69) is 17.2 Å². The van der Waals surface area contributed by atoms with Crippen molar-refractivity contribution in [1.29, 1.82) is 0 Å². The number of amides is 1. The van der Waals surface area contributed by atoms with Gasteiger partial charge in [-0.1, -0.05) is 32.3 Å². The van der Waals surface area contributed by atoms with Gasteiger partial charge in [-0.25, -0.2) is 9.38 Å². The van der Waals surface area contributed by atoms with Gasteiger partial charge in [0.15, 0.2) is 0 Å². The molecule has 5 heteroatoms. The van der Waals surface area contributed by atoms with Crippen molar-refractivity contribution in [3.05, 3.63) is 35.6 Å². The number of methoxy groups -OCH3 is 1. The van der Waals surface area contributed by atoms with E-state index in [1.165, 1.54) is 37.8 Å². The molecule has 0 heterocycles. The molecule has 0 aromatic heterocycles. The van der Waals surface area contributed by atoms with E-state index < -0.39 is 11.7 Å². The molecule has 0 aliphatic rings. The second-order valence-electron chi connectivity index (χ2n) is 4.42. The molecule has 1 aromatic rings. The molecule has 1 rings (SSSR count). The lowest BCUT2D eigenvalue weighted by Gasteiger charge is -2.07. The first-order valence-corrected chi connectivity index (χ1v) is 6.82. The fraction of sp³-hybridized carbons (Fsp3) is 0.467. The Hall–Kier alpha value is -1.91. The van der Waals surface area contributed by atoms with Crippen LogP contribution in [0.25, 0.3) is 0 Å². The number of ether oxygens (including phenoxy) is 1. The van der Waals surface area contributed by atoms with Crippen molar-refractivity contribution in [3.63, 3.8) is 0 Å². The van der Waals surface area contributed by atoms with E-state index in [0.29, 0.717) is 6.54 Å². The van der Waals surface area contributed by atoms with E-state index in [0.717, 1.165) is 19.3 Å². The molecule has 4 nitrogen and oxygen atoms in total. The Morgan fingerprint density at radius 2 is 2.15 bits per heavy atom. The minimum Gasteiger partial charge on any atom is -0.468 e. The molecular formula is C15H21FN2O2. The summed E-state index contributed by atoms with van der Waals surface area (Å²) in [6.07, 6.45) is 4.40. The van der Waals surface area contributed by atoms with Crippen LogP contribution in [-0.4, -0.2) is 25.6 Å². The summed E-state index contributed by atoms with van der Waals surface area (Å²) < 4.78 is 18.0. The molecule has 0 spiro atoms. The van der Waals surface area contributed by atoms with Crippen LogP contribution < -0.4 is 5.32 Å². The summed E-state index contributed by atoms with van der Waals surface area (Å²) in [7, 11) is 1.44. The number of carbonyl (C=O) groups excluding carboxylic acids is 1. The van der Waals surface area contributed by atoms with Crippen LogP contribution in [0.5, 0.6) is 0 Å². The third-order valence-corrected chi connectivity index (χ3v) is 2.77. The topological polar surface area (TPSA) is 50.7 Å². The highest BCUT2D eigenvalue weighted by Crippen LogP contribution is 2.03. The smallest absolute Gasteiger partial charge is 0.291 e. The number of rotatable bonds is 6. The zero-order chi connectivity index (χ0) is 14.8. The number of aliphatic imine (C=N–C) groups is 1. The Morgan fingerprint density at radius 3 is 2.80 bits per heavy atom. The Balaban J connectivity index is 2.50. The summed E-state index contributed by atoms with van der Waals surface area (Å²) in [5.74, 6) is -0.883. The standard InChI is InChI=1S/C15H21FN2O2/c1-3-4-5-6-10-17-15(20-2)18-14(19)12-8-7-9-13(16)11-12/h7-9,11H,3-6,10H2,1-2H3,(H,17,18,19). The van der Waals surface area contributed by atoms with E-state index in [1.54, 1.807) is 0 Å². The summed E-state index contributed by atoms with van der Waals surface area (Å²) in [6.45, 7) is 2.75. The van der Waals surface area contributed by atoms with E-state index in [-0.39, 0.29) is 11.6 Å². The third-order valence-electron chi connectivity index (χ3n) is 2.77. The Morgan fingerprint density at radius 1 is 1.35 bits per heavy atom.